The summed E-state index contributed by atoms with van der Waals surface area (Å²) in [6.07, 6.45) is 1.58. The molecule has 0 saturated heterocycles. The molecular weight excluding hydrogens is 196 g/mol. The molecule has 0 bridgehead atoms. The molecule has 0 atom stereocenters. The van der Waals surface area contributed by atoms with E-state index in [1.54, 1.807) is 10.8 Å². The van der Waals surface area contributed by atoms with E-state index in [4.69, 9.17) is 17.3 Å². The summed E-state index contributed by atoms with van der Waals surface area (Å²) in [5, 5.41) is 3.63. The molecule has 0 aliphatic carbocycles. The third kappa shape index (κ3) is 2.09. The molecule has 1 aromatic heterocycles. The number of hydrogen-bond acceptors (Lipinski definition) is 2. The van der Waals surface area contributed by atoms with Gasteiger partial charge in [-0.1, -0.05) is 11.6 Å². The third-order valence-electron chi connectivity index (χ3n) is 1.45. The number of nitrogens with two attached hydrogens (primary N) is 1. The average molecular weight is 205 g/mol. The van der Waals surface area contributed by atoms with Gasteiger partial charge in [0.05, 0.1) is 12.7 Å². The number of rotatable bonds is 2. The van der Waals surface area contributed by atoms with Gasteiger partial charge in [-0.25, -0.2) is 4.98 Å². The summed E-state index contributed by atoms with van der Waals surface area (Å²) in [7, 11) is 1.83. The highest BCUT2D eigenvalue weighted by Crippen LogP contribution is 2.08. The summed E-state index contributed by atoms with van der Waals surface area (Å²) in [5.74, 6) is 0.799. The van der Waals surface area contributed by atoms with Gasteiger partial charge in [-0.15, -0.1) is 0 Å². The minimum atomic E-state index is 0.258. The van der Waals surface area contributed by atoms with Crippen LogP contribution in [-0.2, 0) is 13.6 Å². The Kier molecular flexibility index (Phi) is 2.88. The van der Waals surface area contributed by atoms with Gasteiger partial charge in [-0.05, 0) is 12.2 Å². The Morgan fingerprint density at radius 2 is 2.58 bits per heavy atom. The molecule has 0 aliphatic heterocycles. The minimum absolute atomic E-state index is 0.258. The van der Waals surface area contributed by atoms with Gasteiger partial charge < -0.3 is 15.6 Å². The maximum absolute atomic E-state index is 5.75. The van der Waals surface area contributed by atoms with Crippen molar-refractivity contribution in [2.24, 2.45) is 12.8 Å². The Morgan fingerprint density at radius 1 is 1.92 bits per heavy atom. The summed E-state index contributed by atoms with van der Waals surface area (Å²) in [6.45, 7) is 0.499. The number of nitrogens with zero attached hydrogens (tertiary/aromatic N) is 2. The van der Waals surface area contributed by atoms with Gasteiger partial charge in [0.15, 0.2) is 5.11 Å². The highest BCUT2D eigenvalue weighted by atomic mass is 35.5. The van der Waals surface area contributed by atoms with Crippen LogP contribution in [0.3, 0.4) is 0 Å². The number of aromatic nitrogens is 2. The Hall–Kier alpha value is -0.810. The van der Waals surface area contributed by atoms with Crippen LogP contribution in [0.1, 0.15) is 5.82 Å². The highest BCUT2D eigenvalue weighted by Gasteiger charge is 2.02. The standard InChI is InChI=1S/C6H9ClN4S/c1-11-4(7)2-9-5(11)3-10-6(8)12/h2H,3H2,1H3,(H3,8,10,12). The molecule has 1 aromatic rings. The number of hydrogen-bond donors (Lipinski definition) is 2. The van der Waals surface area contributed by atoms with Gasteiger partial charge in [0.25, 0.3) is 0 Å². The van der Waals surface area contributed by atoms with Gasteiger partial charge in [-0.2, -0.15) is 0 Å². The molecule has 0 radical (unpaired) electrons. The van der Waals surface area contributed by atoms with Gasteiger partial charge in [0.1, 0.15) is 11.0 Å². The van der Waals surface area contributed by atoms with Crippen molar-refractivity contribution in [1.29, 1.82) is 0 Å². The van der Waals surface area contributed by atoms with E-state index in [-0.39, 0.29) is 5.11 Å². The third-order valence-corrected chi connectivity index (χ3v) is 1.94. The summed E-state index contributed by atoms with van der Waals surface area (Å²) in [5.41, 5.74) is 5.25. The number of nitrogens with one attached hydrogen (secondary N) is 1. The maximum atomic E-state index is 5.75. The minimum Gasteiger partial charge on any atom is -0.376 e. The van der Waals surface area contributed by atoms with Crippen LogP contribution in [-0.4, -0.2) is 14.7 Å². The first-order valence-electron chi connectivity index (χ1n) is 3.30. The number of imidazole rings is 1. The maximum Gasteiger partial charge on any atom is 0.164 e. The molecule has 1 heterocycles. The first-order chi connectivity index (χ1) is 5.61. The summed E-state index contributed by atoms with van der Waals surface area (Å²) in [4.78, 5) is 4.04. The van der Waals surface area contributed by atoms with Crippen molar-refractivity contribution in [1.82, 2.24) is 14.9 Å². The number of halogens is 1. The number of thiocarbonyl (C=S) groups is 1. The van der Waals surface area contributed by atoms with E-state index in [9.17, 15) is 0 Å². The van der Waals surface area contributed by atoms with Crippen molar-refractivity contribution < 1.29 is 0 Å². The lowest BCUT2D eigenvalue weighted by Gasteiger charge is -2.03. The molecule has 66 valence electrons. The summed E-state index contributed by atoms with van der Waals surface area (Å²) >= 11 is 10.4. The van der Waals surface area contributed by atoms with Crippen LogP contribution in [0.15, 0.2) is 6.20 Å². The Bertz CT molecular complexity index is 296. The van der Waals surface area contributed by atoms with Gasteiger partial charge in [0, 0.05) is 7.05 Å². The fraction of sp³-hybridized carbons (Fsp3) is 0.333. The smallest absolute Gasteiger partial charge is 0.164 e. The van der Waals surface area contributed by atoms with Crippen LogP contribution in [0.4, 0.5) is 0 Å². The van der Waals surface area contributed by atoms with Gasteiger partial charge in [-0.3, -0.25) is 0 Å². The monoisotopic (exact) mass is 204 g/mol. The first kappa shape index (κ1) is 9.28. The zero-order chi connectivity index (χ0) is 9.14. The van der Waals surface area contributed by atoms with Crippen LogP contribution in [0.25, 0.3) is 0 Å². The van der Waals surface area contributed by atoms with E-state index in [0.717, 1.165) is 5.82 Å². The molecule has 6 heteroatoms. The van der Waals surface area contributed by atoms with E-state index < -0.39 is 0 Å². The van der Waals surface area contributed by atoms with E-state index in [2.05, 4.69) is 22.5 Å². The van der Waals surface area contributed by atoms with Crippen molar-refractivity contribution in [3.8, 4) is 0 Å². The second kappa shape index (κ2) is 3.73. The molecule has 0 amide bonds. The van der Waals surface area contributed by atoms with Gasteiger partial charge in [0.2, 0.25) is 0 Å². The SMILES string of the molecule is Cn1c(Cl)cnc1CNC(N)=S. The molecule has 0 aromatic carbocycles. The van der Waals surface area contributed by atoms with Crippen molar-refractivity contribution in [2.75, 3.05) is 0 Å². The van der Waals surface area contributed by atoms with Crippen LogP contribution >= 0.6 is 23.8 Å². The molecule has 0 fully saturated rings. The van der Waals surface area contributed by atoms with Crippen LogP contribution < -0.4 is 11.1 Å². The lowest BCUT2D eigenvalue weighted by atomic mass is 10.6. The predicted octanol–water partition coefficient (Wildman–Crippen LogP) is 0.407. The van der Waals surface area contributed by atoms with Crippen molar-refractivity contribution in [2.45, 2.75) is 6.54 Å². The molecule has 1 rings (SSSR count). The van der Waals surface area contributed by atoms with E-state index in [1.165, 1.54) is 0 Å². The molecule has 12 heavy (non-hydrogen) atoms. The van der Waals surface area contributed by atoms with Crippen molar-refractivity contribution in [3.63, 3.8) is 0 Å². The Labute approximate surface area is 80.7 Å². The van der Waals surface area contributed by atoms with Crippen LogP contribution in [0.5, 0.6) is 0 Å². The zero-order valence-electron chi connectivity index (χ0n) is 6.54. The fourth-order valence-corrected chi connectivity index (χ4v) is 0.973. The lowest BCUT2D eigenvalue weighted by molar-refractivity contribution is 0.753. The second-order valence-electron chi connectivity index (χ2n) is 2.27. The largest absolute Gasteiger partial charge is 0.376 e. The van der Waals surface area contributed by atoms with E-state index in [0.29, 0.717) is 11.7 Å². The van der Waals surface area contributed by atoms with E-state index in [1.807, 2.05) is 7.05 Å². The highest BCUT2D eigenvalue weighted by molar-refractivity contribution is 7.80. The first-order valence-corrected chi connectivity index (χ1v) is 4.09. The van der Waals surface area contributed by atoms with Crippen LogP contribution in [0.2, 0.25) is 5.15 Å². The molecule has 0 spiro atoms. The molecule has 0 saturated carbocycles. The second-order valence-corrected chi connectivity index (χ2v) is 3.10. The van der Waals surface area contributed by atoms with Crippen molar-refractivity contribution in [3.05, 3.63) is 17.2 Å². The normalized spacial score (nSPS) is 9.83. The Morgan fingerprint density at radius 3 is 3.00 bits per heavy atom. The summed E-state index contributed by atoms with van der Waals surface area (Å²) in [6, 6.07) is 0. The molecule has 0 aliphatic rings. The average Bonchev–Trinajstić information content (AvgIpc) is 2.30. The fourth-order valence-electron chi connectivity index (χ4n) is 0.755. The lowest BCUT2D eigenvalue weighted by Crippen LogP contribution is -2.29. The molecule has 0 unspecified atom stereocenters. The quantitative estimate of drug-likeness (QED) is 0.686. The summed E-state index contributed by atoms with van der Waals surface area (Å²) < 4.78 is 1.76. The predicted molar refractivity (Wildman–Crippen MR) is 51.8 cm³/mol. The van der Waals surface area contributed by atoms with Crippen molar-refractivity contribution >= 4 is 28.9 Å². The topological polar surface area (TPSA) is 55.9 Å². The molecule has 3 N–H and O–H groups in total. The molecule has 4 nitrogen and oxygen atoms in total. The zero-order valence-corrected chi connectivity index (χ0v) is 8.11. The van der Waals surface area contributed by atoms with Crippen LogP contribution in [0, 0.1) is 0 Å². The van der Waals surface area contributed by atoms with Gasteiger partial charge >= 0.3 is 0 Å². The van der Waals surface area contributed by atoms with E-state index >= 15 is 0 Å². The Balaban J connectivity index is 2.63. The molecular formula is C6H9ClN4S.